The van der Waals surface area contributed by atoms with Gasteiger partial charge in [-0.15, -0.1) is 0 Å². The molecule has 0 spiro atoms. The maximum atomic E-state index is 12.8. The van der Waals surface area contributed by atoms with Crippen LogP contribution in [0.1, 0.15) is 18.1 Å². The number of nitrogens with one attached hydrogen (secondary N) is 1. The third-order valence-corrected chi connectivity index (χ3v) is 7.85. The van der Waals surface area contributed by atoms with Crippen LogP contribution >= 0.6 is 23.4 Å². The van der Waals surface area contributed by atoms with Crippen LogP contribution in [-0.2, 0) is 19.7 Å². The predicted octanol–water partition coefficient (Wildman–Crippen LogP) is 5.49. The van der Waals surface area contributed by atoms with Crippen LogP contribution in [0.4, 0.5) is 10.5 Å². The fourth-order valence-electron chi connectivity index (χ4n) is 3.48. The summed E-state index contributed by atoms with van der Waals surface area (Å²) in [6, 6.07) is 17.2. The van der Waals surface area contributed by atoms with Gasteiger partial charge in [-0.2, -0.15) is 8.42 Å². The molecule has 3 aromatic carbocycles. The highest BCUT2D eigenvalue weighted by atomic mass is 35.5. The molecule has 0 bridgehead atoms. The molecular weight excluding hydrogens is 564 g/mol. The molecule has 12 heteroatoms. The Balaban J connectivity index is 1.40. The summed E-state index contributed by atoms with van der Waals surface area (Å²) in [6.07, 6.45) is 1.50. The normalized spacial score (nSPS) is 14.5. The minimum atomic E-state index is -4.20. The van der Waals surface area contributed by atoms with E-state index in [1.54, 1.807) is 0 Å². The first-order valence-corrected chi connectivity index (χ1v) is 14.2. The van der Waals surface area contributed by atoms with Crippen molar-refractivity contribution in [1.29, 1.82) is 0 Å². The number of nitrogens with zero attached hydrogens (tertiary/aromatic N) is 1. The van der Waals surface area contributed by atoms with Crippen molar-refractivity contribution in [2.45, 2.75) is 18.7 Å². The molecule has 0 aromatic heterocycles. The highest BCUT2D eigenvalue weighted by molar-refractivity contribution is 8.18. The number of ether oxygens (including phenoxy) is 1. The standard InChI is InChI=1S/C27H23ClN2O7S2/c1-17-3-8-21(9-4-17)36-14-13-30-26(32)25(38-27(30)33)16-19-5-12-24(23(28)15-19)37-39(34,35)22-10-6-20(7-11-22)29-18(2)31/h3-12,15-16H,13-14H2,1-2H3,(H,29,31)/b25-16-. The number of halogens is 1. The summed E-state index contributed by atoms with van der Waals surface area (Å²) in [5, 5.41) is 2.12. The number of aryl methyl sites for hydroxylation is 1. The van der Waals surface area contributed by atoms with E-state index < -0.39 is 21.3 Å². The van der Waals surface area contributed by atoms with Gasteiger partial charge in [-0.25, -0.2) is 0 Å². The minimum absolute atomic E-state index is 0.00656. The van der Waals surface area contributed by atoms with Crippen LogP contribution in [-0.4, -0.2) is 43.5 Å². The van der Waals surface area contributed by atoms with Crippen molar-refractivity contribution in [3.8, 4) is 11.5 Å². The number of hydrogen-bond acceptors (Lipinski definition) is 8. The SMILES string of the molecule is CC(=O)Nc1ccc(S(=O)(=O)Oc2ccc(/C=C3\SC(=O)N(CCOc4ccc(C)cc4)C3=O)cc2Cl)cc1. The van der Waals surface area contributed by atoms with Gasteiger partial charge in [0.2, 0.25) is 5.91 Å². The van der Waals surface area contributed by atoms with E-state index in [4.69, 9.17) is 20.5 Å². The number of rotatable bonds is 9. The van der Waals surface area contributed by atoms with E-state index in [0.717, 1.165) is 22.2 Å². The number of thioether (sulfide) groups is 1. The summed E-state index contributed by atoms with van der Waals surface area (Å²) >= 11 is 7.06. The van der Waals surface area contributed by atoms with Crippen LogP contribution in [0.25, 0.3) is 6.08 Å². The number of amides is 3. The third kappa shape index (κ3) is 7.20. The summed E-state index contributed by atoms with van der Waals surface area (Å²) < 4.78 is 36.2. The Hall–Kier alpha value is -3.80. The Morgan fingerprint density at radius 3 is 2.38 bits per heavy atom. The summed E-state index contributed by atoms with van der Waals surface area (Å²) in [5.41, 5.74) is 2.01. The van der Waals surface area contributed by atoms with E-state index in [0.29, 0.717) is 17.0 Å². The Morgan fingerprint density at radius 2 is 1.74 bits per heavy atom. The predicted molar refractivity (Wildman–Crippen MR) is 149 cm³/mol. The first kappa shape index (κ1) is 28.2. The van der Waals surface area contributed by atoms with Gasteiger partial charge in [-0.3, -0.25) is 19.3 Å². The van der Waals surface area contributed by atoms with Crippen LogP contribution in [0.2, 0.25) is 5.02 Å². The molecule has 4 rings (SSSR count). The second-order valence-electron chi connectivity index (χ2n) is 8.43. The zero-order valence-electron chi connectivity index (χ0n) is 20.8. The molecule has 39 heavy (non-hydrogen) atoms. The smallest absolute Gasteiger partial charge is 0.339 e. The monoisotopic (exact) mass is 586 g/mol. The molecule has 9 nitrogen and oxygen atoms in total. The van der Waals surface area contributed by atoms with Gasteiger partial charge in [0, 0.05) is 12.6 Å². The highest BCUT2D eigenvalue weighted by Crippen LogP contribution is 2.34. The lowest BCUT2D eigenvalue weighted by Crippen LogP contribution is -2.32. The van der Waals surface area contributed by atoms with E-state index in [1.165, 1.54) is 55.5 Å². The van der Waals surface area contributed by atoms with E-state index in [2.05, 4.69) is 5.32 Å². The molecule has 0 unspecified atom stereocenters. The van der Waals surface area contributed by atoms with Crippen molar-refractivity contribution in [3.05, 3.63) is 87.8 Å². The average Bonchev–Trinajstić information content (AvgIpc) is 3.14. The number of imide groups is 1. The van der Waals surface area contributed by atoms with Gasteiger partial charge in [0.15, 0.2) is 5.75 Å². The summed E-state index contributed by atoms with van der Waals surface area (Å²) in [7, 11) is -4.20. The van der Waals surface area contributed by atoms with Crippen molar-refractivity contribution in [3.63, 3.8) is 0 Å². The van der Waals surface area contributed by atoms with Crippen molar-refractivity contribution in [2.75, 3.05) is 18.5 Å². The van der Waals surface area contributed by atoms with Crippen LogP contribution < -0.4 is 14.2 Å². The molecular formula is C27H23ClN2O7S2. The molecule has 1 fully saturated rings. The molecule has 1 heterocycles. The van der Waals surface area contributed by atoms with Gasteiger partial charge in [0.05, 0.1) is 16.5 Å². The first-order chi connectivity index (χ1) is 18.5. The molecule has 1 N–H and O–H groups in total. The quantitative estimate of drug-likeness (QED) is 0.258. The number of carbonyl (C=O) groups excluding carboxylic acids is 3. The first-order valence-electron chi connectivity index (χ1n) is 11.6. The van der Waals surface area contributed by atoms with E-state index in [1.807, 2.05) is 31.2 Å². The third-order valence-electron chi connectivity index (χ3n) is 5.39. The van der Waals surface area contributed by atoms with Gasteiger partial charge < -0.3 is 14.2 Å². The number of hydrogen-bond donors (Lipinski definition) is 1. The van der Waals surface area contributed by atoms with Crippen LogP contribution in [0.15, 0.2) is 76.5 Å². The summed E-state index contributed by atoms with van der Waals surface area (Å²) in [4.78, 5) is 37.5. The van der Waals surface area contributed by atoms with Crippen molar-refractivity contribution in [1.82, 2.24) is 4.90 Å². The molecule has 3 amide bonds. The van der Waals surface area contributed by atoms with E-state index >= 15 is 0 Å². The molecule has 0 atom stereocenters. The van der Waals surface area contributed by atoms with Gasteiger partial charge in [-0.05, 0) is 78.9 Å². The van der Waals surface area contributed by atoms with Gasteiger partial charge in [-0.1, -0.05) is 35.4 Å². The lowest BCUT2D eigenvalue weighted by Gasteiger charge is -2.13. The number of benzene rings is 3. The van der Waals surface area contributed by atoms with Crippen molar-refractivity contribution < 1.29 is 31.7 Å². The fourth-order valence-corrected chi connectivity index (χ4v) is 5.57. The molecule has 0 aliphatic carbocycles. The molecule has 0 saturated carbocycles. The summed E-state index contributed by atoms with van der Waals surface area (Å²) in [6.45, 7) is 3.54. The molecule has 1 aliphatic rings. The van der Waals surface area contributed by atoms with E-state index in [9.17, 15) is 22.8 Å². The Kier molecular flexibility index (Phi) is 8.63. The molecule has 3 aromatic rings. The second kappa shape index (κ2) is 11.9. The lowest BCUT2D eigenvalue weighted by molar-refractivity contribution is -0.123. The zero-order valence-corrected chi connectivity index (χ0v) is 23.2. The molecule has 1 aliphatic heterocycles. The Bertz CT molecular complexity index is 1550. The second-order valence-corrected chi connectivity index (χ2v) is 11.4. The van der Waals surface area contributed by atoms with Crippen molar-refractivity contribution in [2.24, 2.45) is 0 Å². The average molecular weight is 587 g/mol. The van der Waals surface area contributed by atoms with E-state index in [-0.39, 0.29) is 39.6 Å². The van der Waals surface area contributed by atoms with Gasteiger partial charge in [0.25, 0.3) is 11.1 Å². The maximum absolute atomic E-state index is 12.8. The minimum Gasteiger partial charge on any atom is -0.492 e. The number of anilines is 1. The largest absolute Gasteiger partial charge is 0.492 e. The van der Waals surface area contributed by atoms with Crippen LogP contribution in [0, 0.1) is 6.92 Å². The molecule has 202 valence electrons. The molecule has 1 saturated heterocycles. The van der Waals surface area contributed by atoms with Gasteiger partial charge in [0.1, 0.15) is 17.3 Å². The Morgan fingerprint density at radius 1 is 1.05 bits per heavy atom. The van der Waals surface area contributed by atoms with Crippen LogP contribution in [0.3, 0.4) is 0 Å². The maximum Gasteiger partial charge on any atom is 0.339 e. The topological polar surface area (TPSA) is 119 Å². The van der Waals surface area contributed by atoms with Crippen LogP contribution in [0.5, 0.6) is 11.5 Å². The lowest BCUT2D eigenvalue weighted by atomic mass is 10.2. The number of carbonyl (C=O) groups is 3. The van der Waals surface area contributed by atoms with Crippen molar-refractivity contribution >= 4 is 62.3 Å². The summed E-state index contributed by atoms with van der Waals surface area (Å²) in [5.74, 6) is -0.213. The highest BCUT2D eigenvalue weighted by Gasteiger charge is 2.34. The zero-order chi connectivity index (χ0) is 28.2. The molecule has 0 radical (unpaired) electrons. The van der Waals surface area contributed by atoms with Gasteiger partial charge >= 0.3 is 10.1 Å². The fraction of sp³-hybridized carbons (Fsp3) is 0.148. The Labute approximate surface area is 234 Å².